The van der Waals surface area contributed by atoms with Crippen molar-refractivity contribution in [2.75, 3.05) is 39.8 Å². The molecule has 2 aliphatic heterocycles. The lowest BCUT2D eigenvalue weighted by molar-refractivity contribution is -0.144. The van der Waals surface area contributed by atoms with Crippen molar-refractivity contribution in [3.8, 4) is 11.5 Å². The monoisotopic (exact) mass is 534 g/mol. The number of ether oxygens (including phenoxy) is 2. The van der Waals surface area contributed by atoms with E-state index < -0.39 is 12.0 Å². The van der Waals surface area contributed by atoms with Crippen LogP contribution < -0.4 is 9.47 Å². The Morgan fingerprint density at radius 2 is 1.72 bits per heavy atom. The number of halogens is 2. The van der Waals surface area contributed by atoms with Gasteiger partial charge >= 0.3 is 5.97 Å². The van der Waals surface area contributed by atoms with E-state index >= 15 is 0 Å². The number of hydrogen-bond acceptors (Lipinski definition) is 5. The average molecular weight is 536 g/mol. The number of hydrogen-bond donors (Lipinski definition) is 1. The van der Waals surface area contributed by atoms with Gasteiger partial charge in [0.2, 0.25) is 0 Å². The molecule has 1 N–H and O–H groups in total. The van der Waals surface area contributed by atoms with Gasteiger partial charge in [0.05, 0.1) is 17.2 Å². The molecule has 2 saturated heterocycles. The van der Waals surface area contributed by atoms with Gasteiger partial charge in [0, 0.05) is 31.6 Å². The van der Waals surface area contributed by atoms with Crippen LogP contribution in [0, 0.1) is 12.8 Å². The van der Waals surface area contributed by atoms with Crippen LogP contribution in [0.2, 0.25) is 10.0 Å². The van der Waals surface area contributed by atoms with Crippen LogP contribution in [-0.2, 0) is 11.2 Å². The predicted molar refractivity (Wildman–Crippen MR) is 144 cm³/mol. The molecule has 4 rings (SSSR count). The first-order valence-electron chi connectivity index (χ1n) is 12.8. The van der Waals surface area contributed by atoms with Gasteiger partial charge in [0.15, 0.2) is 0 Å². The Labute approximate surface area is 224 Å². The van der Waals surface area contributed by atoms with Gasteiger partial charge in [-0.05, 0) is 75.4 Å². The Morgan fingerprint density at radius 3 is 2.39 bits per heavy atom. The predicted octanol–water partition coefficient (Wildman–Crippen LogP) is 5.56. The smallest absolute Gasteiger partial charge is 0.321 e. The molecule has 1 atom stereocenters. The molecule has 2 fully saturated rings. The quantitative estimate of drug-likeness (QED) is 0.454. The molecular weight excluding hydrogens is 499 g/mol. The molecule has 2 aromatic rings. The molecule has 2 aromatic carbocycles. The standard InChI is InChI=1S/C28H36Cl2N2O4/c1-19-25(8-7-23(29)27(19)30)36-22-11-13-31(14-12-22)18-20-9-15-32(16-10-20)24(28(33)34)17-21-5-3-4-6-26(21)35-2/h3-8,20,22,24H,9-18H2,1-2H3,(H,33,34)/t24-/m0/s1. The molecule has 2 aliphatic rings. The van der Waals surface area contributed by atoms with E-state index in [0.717, 1.165) is 81.0 Å². The molecule has 196 valence electrons. The van der Waals surface area contributed by atoms with Crippen LogP contribution in [0.4, 0.5) is 0 Å². The zero-order chi connectivity index (χ0) is 25.7. The number of rotatable bonds is 9. The van der Waals surface area contributed by atoms with Gasteiger partial charge in [-0.2, -0.15) is 0 Å². The summed E-state index contributed by atoms with van der Waals surface area (Å²) in [5.74, 6) is 1.40. The average Bonchev–Trinajstić information content (AvgIpc) is 2.89. The zero-order valence-electron chi connectivity index (χ0n) is 21.1. The zero-order valence-corrected chi connectivity index (χ0v) is 22.6. The van der Waals surface area contributed by atoms with Gasteiger partial charge in [-0.3, -0.25) is 9.69 Å². The maximum atomic E-state index is 12.1. The summed E-state index contributed by atoms with van der Waals surface area (Å²) in [5.41, 5.74) is 1.83. The Balaban J connectivity index is 1.23. The number of carbonyl (C=O) groups is 1. The number of benzene rings is 2. The molecule has 2 heterocycles. The lowest BCUT2D eigenvalue weighted by atomic mass is 9.93. The minimum atomic E-state index is -0.765. The molecule has 0 spiro atoms. The van der Waals surface area contributed by atoms with Crippen LogP contribution in [0.1, 0.15) is 36.8 Å². The summed E-state index contributed by atoms with van der Waals surface area (Å²) < 4.78 is 11.7. The summed E-state index contributed by atoms with van der Waals surface area (Å²) in [6.45, 7) is 6.65. The lowest BCUT2D eigenvalue weighted by Crippen LogP contribution is -2.48. The largest absolute Gasteiger partial charge is 0.496 e. The number of carboxylic acids is 1. The number of likely N-dealkylation sites (tertiary alicyclic amines) is 2. The van der Waals surface area contributed by atoms with Crippen molar-refractivity contribution in [1.29, 1.82) is 0 Å². The molecule has 0 aliphatic carbocycles. The molecule has 8 heteroatoms. The van der Waals surface area contributed by atoms with Crippen molar-refractivity contribution in [1.82, 2.24) is 9.80 Å². The van der Waals surface area contributed by atoms with E-state index in [1.165, 1.54) is 0 Å². The number of carboxylic acid groups (broad SMARTS) is 1. The van der Waals surface area contributed by atoms with Crippen molar-refractivity contribution in [2.45, 2.75) is 51.2 Å². The van der Waals surface area contributed by atoms with Gasteiger partial charge in [0.25, 0.3) is 0 Å². The number of nitrogens with zero attached hydrogens (tertiary/aromatic N) is 2. The Morgan fingerprint density at radius 1 is 1.03 bits per heavy atom. The number of aliphatic carboxylic acids is 1. The highest BCUT2D eigenvalue weighted by Crippen LogP contribution is 2.34. The van der Waals surface area contributed by atoms with Crippen molar-refractivity contribution in [3.63, 3.8) is 0 Å². The van der Waals surface area contributed by atoms with Crippen molar-refractivity contribution >= 4 is 29.2 Å². The highest BCUT2D eigenvalue weighted by molar-refractivity contribution is 6.42. The second kappa shape index (κ2) is 12.5. The summed E-state index contributed by atoms with van der Waals surface area (Å²) in [7, 11) is 1.63. The van der Waals surface area contributed by atoms with Crippen LogP contribution in [0.25, 0.3) is 0 Å². The third-order valence-corrected chi connectivity index (χ3v) is 8.51. The number of methoxy groups -OCH3 is 1. The SMILES string of the molecule is COc1ccccc1C[C@@H](C(=O)O)N1CCC(CN2CCC(Oc3ccc(Cl)c(Cl)c3C)CC2)CC1. The third kappa shape index (κ3) is 6.65. The van der Waals surface area contributed by atoms with Gasteiger partial charge < -0.3 is 19.5 Å². The molecule has 0 radical (unpaired) electrons. The van der Waals surface area contributed by atoms with Gasteiger partial charge in [-0.25, -0.2) is 0 Å². The number of piperidine rings is 2. The fraction of sp³-hybridized carbons (Fsp3) is 0.536. The first-order valence-corrected chi connectivity index (χ1v) is 13.5. The van der Waals surface area contributed by atoms with Crippen LogP contribution in [0.5, 0.6) is 11.5 Å². The van der Waals surface area contributed by atoms with Gasteiger partial charge in [-0.15, -0.1) is 0 Å². The Hall–Kier alpha value is -1.99. The molecule has 0 bridgehead atoms. The summed E-state index contributed by atoms with van der Waals surface area (Å²) in [6, 6.07) is 10.9. The summed E-state index contributed by atoms with van der Waals surface area (Å²) in [5, 5.41) is 11.1. The molecule has 0 unspecified atom stereocenters. The molecule has 0 amide bonds. The van der Waals surface area contributed by atoms with E-state index in [1.807, 2.05) is 37.3 Å². The van der Waals surface area contributed by atoms with Crippen LogP contribution in [0.3, 0.4) is 0 Å². The van der Waals surface area contributed by atoms with E-state index in [0.29, 0.717) is 22.4 Å². The molecule has 0 aromatic heterocycles. The second-order valence-electron chi connectivity index (χ2n) is 9.95. The van der Waals surface area contributed by atoms with E-state index in [-0.39, 0.29) is 6.10 Å². The highest BCUT2D eigenvalue weighted by atomic mass is 35.5. The van der Waals surface area contributed by atoms with Gasteiger partial charge in [-0.1, -0.05) is 41.4 Å². The van der Waals surface area contributed by atoms with Crippen molar-refractivity contribution in [3.05, 3.63) is 57.6 Å². The molecule has 0 saturated carbocycles. The fourth-order valence-corrected chi connectivity index (χ4v) is 5.78. The van der Waals surface area contributed by atoms with E-state index in [1.54, 1.807) is 13.2 Å². The summed E-state index contributed by atoms with van der Waals surface area (Å²) in [6.07, 6.45) is 4.65. The van der Waals surface area contributed by atoms with Crippen molar-refractivity contribution in [2.24, 2.45) is 5.92 Å². The number of para-hydroxylation sites is 1. The van der Waals surface area contributed by atoms with E-state index in [9.17, 15) is 9.90 Å². The maximum absolute atomic E-state index is 12.1. The van der Waals surface area contributed by atoms with Crippen LogP contribution in [-0.4, -0.2) is 72.9 Å². The Bertz CT molecular complexity index is 1030. The Kier molecular flexibility index (Phi) is 9.40. The lowest BCUT2D eigenvalue weighted by Gasteiger charge is -2.39. The fourth-order valence-electron chi connectivity index (χ4n) is 5.42. The van der Waals surface area contributed by atoms with Crippen LogP contribution in [0.15, 0.2) is 36.4 Å². The topological polar surface area (TPSA) is 62.2 Å². The minimum Gasteiger partial charge on any atom is -0.496 e. The minimum absolute atomic E-state index is 0.186. The first kappa shape index (κ1) is 27.1. The normalized spacial score (nSPS) is 19.2. The first-order chi connectivity index (χ1) is 17.4. The molecule has 36 heavy (non-hydrogen) atoms. The third-order valence-electron chi connectivity index (χ3n) is 7.61. The highest BCUT2D eigenvalue weighted by Gasteiger charge is 2.32. The van der Waals surface area contributed by atoms with Crippen molar-refractivity contribution < 1.29 is 19.4 Å². The van der Waals surface area contributed by atoms with Gasteiger partial charge in [0.1, 0.15) is 23.6 Å². The van der Waals surface area contributed by atoms with Crippen LogP contribution >= 0.6 is 23.2 Å². The summed E-state index contributed by atoms with van der Waals surface area (Å²) >= 11 is 12.4. The van der Waals surface area contributed by atoms with E-state index in [4.69, 9.17) is 32.7 Å². The maximum Gasteiger partial charge on any atom is 0.321 e. The second-order valence-corrected chi connectivity index (χ2v) is 10.7. The van der Waals surface area contributed by atoms with E-state index in [2.05, 4.69) is 9.80 Å². The summed E-state index contributed by atoms with van der Waals surface area (Å²) in [4.78, 5) is 16.8. The molecule has 6 nitrogen and oxygen atoms in total. The molecular formula is C28H36Cl2N2O4.